The number of amidine groups is 1. The van der Waals surface area contributed by atoms with Gasteiger partial charge in [-0.2, -0.15) is 13.7 Å². The summed E-state index contributed by atoms with van der Waals surface area (Å²) in [6, 6.07) is 16.0. The van der Waals surface area contributed by atoms with Gasteiger partial charge in [0.05, 0.1) is 12.1 Å². The number of ether oxygens (including phenoxy) is 1. The summed E-state index contributed by atoms with van der Waals surface area (Å²) in [5.74, 6) is 0.955. The molecule has 0 aliphatic carbocycles. The average Bonchev–Trinajstić information content (AvgIpc) is 2.95. The van der Waals surface area contributed by atoms with Crippen LogP contribution in [0.3, 0.4) is 0 Å². The lowest BCUT2D eigenvalue weighted by Crippen LogP contribution is -2.47. The van der Waals surface area contributed by atoms with Gasteiger partial charge < -0.3 is 9.84 Å². The van der Waals surface area contributed by atoms with Crippen molar-refractivity contribution in [3.05, 3.63) is 60.2 Å². The Morgan fingerprint density at radius 3 is 2.62 bits per heavy atom. The van der Waals surface area contributed by atoms with Crippen LogP contribution in [0.5, 0.6) is 5.75 Å². The first-order valence-corrected chi connectivity index (χ1v) is 9.45. The maximum absolute atomic E-state index is 12.9. The second-order valence-electron chi connectivity index (χ2n) is 6.27. The molecular weight excluding hydrogens is 358 g/mol. The summed E-state index contributed by atoms with van der Waals surface area (Å²) in [6.07, 6.45) is 1.02. The van der Waals surface area contributed by atoms with E-state index in [1.165, 1.54) is 6.07 Å². The fourth-order valence-corrected chi connectivity index (χ4v) is 4.74. The number of para-hydroxylation sites is 2. The zero-order chi connectivity index (χ0) is 18.1. The fourth-order valence-electron chi connectivity index (χ4n) is 3.56. The van der Waals surface area contributed by atoms with Crippen LogP contribution in [0.4, 0.5) is 14.5 Å². The van der Waals surface area contributed by atoms with Gasteiger partial charge in [-0.3, -0.25) is 0 Å². The number of anilines is 1. The maximum Gasteiger partial charge on any atom is 0.387 e. The number of hydrogen-bond acceptors (Lipinski definition) is 4. The molecule has 1 atom stereocenters. The van der Waals surface area contributed by atoms with Crippen molar-refractivity contribution in [1.82, 2.24) is 0 Å². The highest BCUT2D eigenvalue weighted by Gasteiger charge is 2.56. The molecule has 0 aromatic heterocycles. The van der Waals surface area contributed by atoms with Crippen LogP contribution in [0.1, 0.15) is 12.0 Å². The van der Waals surface area contributed by atoms with Crippen LogP contribution < -0.4 is 9.64 Å². The van der Waals surface area contributed by atoms with E-state index in [4.69, 9.17) is 4.74 Å². The quantitative estimate of drug-likeness (QED) is 0.828. The Labute approximate surface area is 154 Å². The largest absolute Gasteiger partial charge is 0.434 e. The molecule has 0 amide bonds. The Balaban J connectivity index is 1.84. The molecule has 2 aliphatic rings. The standard InChI is InChI=1S/C19H19F2N2O2S/c20-17(21)25-16-10-5-4-9-15(16)19(24)13-22-11-6-12-26-18(22)23(19)14-7-2-1-3-8-14/h1-5,7-10,17,24H,6,11-13H2/q+1/t19-/m1/s1. The Bertz CT molecular complexity index is 831. The summed E-state index contributed by atoms with van der Waals surface area (Å²) >= 11 is 1.67. The van der Waals surface area contributed by atoms with Gasteiger partial charge in [-0.05, 0) is 42.4 Å². The van der Waals surface area contributed by atoms with E-state index in [1.54, 1.807) is 30.0 Å². The predicted octanol–water partition coefficient (Wildman–Crippen LogP) is 3.46. The Morgan fingerprint density at radius 1 is 1.12 bits per heavy atom. The van der Waals surface area contributed by atoms with Crippen LogP contribution in [0.15, 0.2) is 54.6 Å². The van der Waals surface area contributed by atoms with Crippen molar-refractivity contribution in [2.24, 2.45) is 0 Å². The number of hydrogen-bond donors (Lipinski definition) is 1. The number of rotatable bonds is 4. The van der Waals surface area contributed by atoms with Crippen molar-refractivity contribution in [2.45, 2.75) is 18.8 Å². The van der Waals surface area contributed by atoms with Crippen molar-refractivity contribution in [3.63, 3.8) is 0 Å². The van der Waals surface area contributed by atoms with E-state index in [-0.39, 0.29) is 5.75 Å². The first-order chi connectivity index (χ1) is 12.6. The van der Waals surface area contributed by atoms with Crippen LogP contribution in [-0.4, -0.2) is 40.3 Å². The highest BCUT2D eigenvalue weighted by atomic mass is 32.2. The monoisotopic (exact) mass is 377 g/mol. The van der Waals surface area contributed by atoms with Crippen LogP contribution in [0.25, 0.3) is 0 Å². The molecule has 2 aliphatic heterocycles. The maximum atomic E-state index is 12.9. The minimum atomic E-state index is -2.95. The molecule has 0 unspecified atom stereocenters. The second kappa shape index (κ2) is 6.89. The molecule has 2 heterocycles. The van der Waals surface area contributed by atoms with Gasteiger partial charge in [-0.15, -0.1) is 0 Å². The second-order valence-corrected chi connectivity index (χ2v) is 7.33. The van der Waals surface area contributed by atoms with Crippen LogP contribution in [-0.2, 0) is 5.72 Å². The SMILES string of the molecule is O[C@@]1(c2ccccc2OC(F)F)C[N+]2=C(SCCC2)N1c1ccccc1. The van der Waals surface area contributed by atoms with E-state index in [0.29, 0.717) is 12.1 Å². The molecule has 7 heteroatoms. The summed E-state index contributed by atoms with van der Waals surface area (Å²) < 4.78 is 32.6. The zero-order valence-corrected chi connectivity index (χ0v) is 14.8. The van der Waals surface area contributed by atoms with Crippen LogP contribution in [0, 0.1) is 0 Å². The average molecular weight is 377 g/mol. The van der Waals surface area contributed by atoms with Gasteiger partial charge in [-0.1, -0.05) is 30.3 Å². The van der Waals surface area contributed by atoms with Crippen LogP contribution in [0.2, 0.25) is 0 Å². The van der Waals surface area contributed by atoms with Crippen molar-refractivity contribution < 1.29 is 23.2 Å². The third-order valence-electron chi connectivity index (χ3n) is 4.60. The number of halogens is 2. The number of thioether (sulfide) groups is 1. The Hall–Kier alpha value is -2.12. The van der Waals surface area contributed by atoms with Gasteiger partial charge in [0.2, 0.25) is 0 Å². The molecular formula is C19H19F2N2O2S+. The lowest BCUT2D eigenvalue weighted by atomic mass is 10.00. The van der Waals surface area contributed by atoms with E-state index in [0.717, 1.165) is 29.6 Å². The van der Waals surface area contributed by atoms with Gasteiger partial charge in [0.15, 0.2) is 6.54 Å². The molecule has 136 valence electrons. The van der Waals surface area contributed by atoms with E-state index < -0.39 is 12.3 Å². The first kappa shape index (κ1) is 17.3. The number of alkyl halides is 2. The summed E-state index contributed by atoms with van der Waals surface area (Å²) in [5.41, 5.74) is -0.333. The van der Waals surface area contributed by atoms with Crippen molar-refractivity contribution >= 4 is 22.6 Å². The minimum Gasteiger partial charge on any atom is -0.434 e. The number of aliphatic hydroxyl groups is 1. The molecule has 0 spiro atoms. The van der Waals surface area contributed by atoms with Gasteiger partial charge in [0.1, 0.15) is 11.4 Å². The molecule has 26 heavy (non-hydrogen) atoms. The molecule has 2 aromatic carbocycles. The molecule has 1 N–H and O–H groups in total. The summed E-state index contributed by atoms with van der Waals surface area (Å²) in [6.45, 7) is -1.82. The third kappa shape index (κ3) is 2.95. The van der Waals surface area contributed by atoms with E-state index in [2.05, 4.69) is 4.58 Å². The summed E-state index contributed by atoms with van der Waals surface area (Å²) in [7, 11) is 0. The minimum absolute atomic E-state index is 0.00335. The predicted molar refractivity (Wildman–Crippen MR) is 98.0 cm³/mol. The van der Waals surface area contributed by atoms with E-state index in [9.17, 15) is 13.9 Å². The van der Waals surface area contributed by atoms with Crippen molar-refractivity contribution in [3.8, 4) is 5.75 Å². The molecule has 0 radical (unpaired) electrons. The fraction of sp³-hybridized carbons (Fsp3) is 0.316. The van der Waals surface area contributed by atoms with Crippen LogP contribution >= 0.6 is 11.8 Å². The first-order valence-electron chi connectivity index (χ1n) is 8.46. The van der Waals surface area contributed by atoms with E-state index in [1.807, 2.05) is 35.2 Å². The van der Waals surface area contributed by atoms with Gasteiger partial charge >= 0.3 is 11.8 Å². The highest BCUT2D eigenvalue weighted by molar-refractivity contribution is 8.14. The number of nitrogens with zero attached hydrogens (tertiary/aromatic N) is 2. The lowest BCUT2D eigenvalue weighted by Gasteiger charge is -2.29. The molecule has 0 saturated carbocycles. The summed E-state index contributed by atoms with van der Waals surface area (Å²) in [5, 5.41) is 12.7. The molecule has 0 fully saturated rings. The third-order valence-corrected chi connectivity index (χ3v) is 5.79. The molecule has 4 nitrogen and oxygen atoms in total. The number of benzene rings is 2. The molecule has 0 saturated heterocycles. The molecule has 4 rings (SSSR count). The topological polar surface area (TPSA) is 35.7 Å². The smallest absolute Gasteiger partial charge is 0.387 e. The lowest BCUT2D eigenvalue weighted by molar-refractivity contribution is -0.532. The van der Waals surface area contributed by atoms with Gasteiger partial charge in [-0.25, -0.2) is 4.58 Å². The van der Waals surface area contributed by atoms with Gasteiger partial charge in [0.25, 0.3) is 5.72 Å². The normalized spacial score (nSPS) is 22.7. The molecule has 0 bridgehead atoms. The Morgan fingerprint density at radius 2 is 1.85 bits per heavy atom. The summed E-state index contributed by atoms with van der Waals surface area (Å²) in [4.78, 5) is 1.84. The van der Waals surface area contributed by atoms with Crippen molar-refractivity contribution in [2.75, 3.05) is 23.7 Å². The van der Waals surface area contributed by atoms with Crippen molar-refractivity contribution in [1.29, 1.82) is 0 Å². The highest BCUT2D eigenvalue weighted by Crippen LogP contribution is 2.42. The van der Waals surface area contributed by atoms with E-state index >= 15 is 0 Å². The van der Waals surface area contributed by atoms with Gasteiger partial charge in [0, 0.05) is 5.75 Å². The molecule has 2 aromatic rings. The Kier molecular flexibility index (Phi) is 4.58. The zero-order valence-electron chi connectivity index (χ0n) is 14.0.